The van der Waals surface area contributed by atoms with Crippen LogP contribution in [0.1, 0.15) is 12.0 Å². The Kier molecular flexibility index (Phi) is 5.03. The molecule has 2 aromatic carbocycles. The van der Waals surface area contributed by atoms with Gasteiger partial charge in [0.15, 0.2) is 0 Å². The van der Waals surface area contributed by atoms with Crippen molar-refractivity contribution in [2.45, 2.75) is 19.4 Å². The topological polar surface area (TPSA) is 131 Å². The molecule has 0 fully saturated rings. The quantitative estimate of drug-likeness (QED) is 0.601. The summed E-state index contributed by atoms with van der Waals surface area (Å²) in [5.41, 5.74) is 6.27. The number of rotatable bonds is 5. The zero-order valence-electron chi connectivity index (χ0n) is 14.8. The van der Waals surface area contributed by atoms with Gasteiger partial charge in [0.1, 0.15) is 17.6 Å². The van der Waals surface area contributed by atoms with Crippen LogP contribution in [0.25, 0.3) is 0 Å². The fourth-order valence-electron chi connectivity index (χ4n) is 2.85. The third-order valence-corrected chi connectivity index (χ3v) is 4.34. The summed E-state index contributed by atoms with van der Waals surface area (Å²) in [5, 5.41) is 19.0. The van der Waals surface area contributed by atoms with Crippen LogP contribution in [0.3, 0.4) is 0 Å². The van der Waals surface area contributed by atoms with Crippen molar-refractivity contribution in [3.05, 3.63) is 64.0 Å². The minimum Gasteiger partial charge on any atom is -0.368 e. The maximum absolute atomic E-state index is 13.1. The summed E-state index contributed by atoms with van der Waals surface area (Å²) in [6.45, 7) is 1.52. The van der Waals surface area contributed by atoms with E-state index in [1.54, 1.807) is 0 Å². The number of carbonyl (C=O) groups excluding carboxylic acids is 2. The lowest BCUT2D eigenvalue weighted by molar-refractivity contribution is -0.385. The molecule has 2 aromatic rings. The molecule has 3 rings (SSSR count). The Bertz CT molecular complexity index is 990. The molecule has 0 saturated carbocycles. The zero-order chi connectivity index (χ0) is 20.4. The Balaban J connectivity index is 1.87. The molecule has 1 aliphatic heterocycles. The van der Waals surface area contributed by atoms with E-state index < -0.39 is 28.6 Å². The molecule has 28 heavy (non-hydrogen) atoms. The second-order valence-corrected chi connectivity index (χ2v) is 6.15. The highest BCUT2D eigenvalue weighted by molar-refractivity contribution is 6.44. The molecule has 0 aliphatic carbocycles. The third kappa shape index (κ3) is 3.65. The van der Waals surface area contributed by atoms with E-state index in [0.29, 0.717) is 11.3 Å². The van der Waals surface area contributed by atoms with Crippen LogP contribution in [0.15, 0.2) is 47.6 Å². The predicted octanol–water partition coefficient (Wildman–Crippen LogP) is 2.10. The summed E-state index contributed by atoms with van der Waals surface area (Å²) < 4.78 is 13.1. The monoisotopic (exact) mass is 385 g/mol. The Morgan fingerprint density at radius 1 is 1.29 bits per heavy atom. The van der Waals surface area contributed by atoms with Crippen LogP contribution in [0, 0.1) is 22.9 Å². The summed E-state index contributed by atoms with van der Waals surface area (Å²) in [5.74, 6) is -1.76. The lowest BCUT2D eigenvalue weighted by atomic mass is 10.1. The smallest absolute Gasteiger partial charge is 0.274 e. The highest BCUT2D eigenvalue weighted by Gasteiger charge is 2.35. The Morgan fingerprint density at radius 2 is 1.96 bits per heavy atom. The second-order valence-electron chi connectivity index (χ2n) is 6.15. The van der Waals surface area contributed by atoms with Crippen molar-refractivity contribution < 1.29 is 18.9 Å². The molecule has 0 saturated heterocycles. The molecule has 0 unspecified atom stereocenters. The first-order chi connectivity index (χ1) is 13.3. The first-order valence-electron chi connectivity index (χ1n) is 8.25. The SMILES string of the molecule is Cc1c(NC(=O)C2=NN(c3ccc(F)cc3)[C@H](C(N)=O)C2)cccc1[N+](=O)[O-]. The number of hydrogen-bond acceptors (Lipinski definition) is 6. The predicted molar refractivity (Wildman–Crippen MR) is 100 cm³/mol. The van der Waals surface area contributed by atoms with E-state index in [-0.39, 0.29) is 23.5 Å². The van der Waals surface area contributed by atoms with Gasteiger partial charge in [-0.25, -0.2) is 4.39 Å². The summed E-state index contributed by atoms with van der Waals surface area (Å²) in [4.78, 5) is 34.9. The Labute approximate surface area is 158 Å². The Hall–Kier alpha value is -3.82. The number of nitrogens with one attached hydrogen (secondary N) is 1. The van der Waals surface area contributed by atoms with Crippen molar-refractivity contribution in [1.82, 2.24) is 0 Å². The van der Waals surface area contributed by atoms with Gasteiger partial charge in [-0.2, -0.15) is 5.10 Å². The van der Waals surface area contributed by atoms with Gasteiger partial charge < -0.3 is 11.1 Å². The first kappa shape index (κ1) is 19.0. The number of primary amides is 1. The molecular formula is C18H16FN5O4. The van der Waals surface area contributed by atoms with Crippen LogP contribution < -0.4 is 16.1 Å². The van der Waals surface area contributed by atoms with Crippen molar-refractivity contribution in [3.8, 4) is 0 Å². The maximum atomic E-state index is 13.1. The number of anilines is 2. The number of nitrogens with two attached hydrogens (primary N) is 1. The highest BCUT2D eigenvalue weighted by Crippen LogP contribution is 2.27. The van der Waals surface area contributed by atoms with Gasteiger partial charge in [-0.1, -0.05) is 6.07 Å². The van der Waals surface area contributed by atoms with Gasteiger partial charge in [0.05, 0.1) is 21.9 Å². The normalized spacial score (nSPS) is 15.9. The van der Waals surface area contributed by atoms with Gasteiger partial charge in [-0.15, -0.1) is 0 Å². The van der Waals surface area contributed by atoms with E-state index in [9.17, 15) is 24.1 Å². The van der Waals surface area contributed by atoms with Crippen LogP contribution in [-0.2, 0) is 9.59 Å². The fourth-order valence-corrected chi connectivity index (χ4v) is 2.85. The molecule has 144 valence electrons. The molecule has 1 atom stereocenters. The molecule has 2 amide bonds. The molecule has 10 heteroatoms. The van der Waals surface area contributed by atoms with E-state index in [1.807, 2.05) is 0 Å². The average Bonchev–Trinajstić information content (AvgIpc) is 3.09. The molecule has 9 nitrogen and oxygen atoms in total. The molecule has 1 heterocycles. The number of hydrazone groups is 1. The van der Waals surface area contributed by atoms with Crippen LogP contribution >= 0.6 is 0 Å². The van der Waals surface area contributed by atoms with Crippen molar-refractivity contribution in [2.24, 2.45) is 10.8 Å². The van der Waals surface area contributed by atoms with Gasteiger partial charge in [0.2, 0.25) is 5.91 Å². The standard InChI is InChI=1S/C18H16FN5O4/c1-10-13(3-2-4-15(10)24(27)28)21-18(26)14-9-16(17(20)25)23(22-14)12-7-5-11(19)6-8-12/h2-8,16H,9H2,1H3,(H2,20,25)(H,21,26)/t16-/m0/s1. The van der Waals surface area contributed by atoms with Crippen molar-refractivity contribution in [2.75, 3.05) is 10.3 Å². The molecule has 0 bridgehead atoms. The van der Waals surface area contributed by atoms with Crippen LogP contribution in [0.4, 0.5) is 21.5 Å². The van der Waals surface area contributed by atoms with Gasteiger partial charge in [0.25, 0.3) is 11.6 Å². The number of amides is 2. The lowest BCUT2D eigenvalue weighted by Gasteiger charge is -2.20. The number of carbonyl (C=O) groups is 2. The maximum Gasteiger partial charge on any atom is 0.274 e. The zero-order valence-corrected chi connectivity index (χ0v) is 14.8. The molecule has 3 N–H and O–H groups in total. The van der Waals surface area contributed by atoms with E-state index in [0.717, 1.165) is 0 Å². The number of hydrogen-bond donors (Lipinski definition) is 2. The van der Waals surface area contributed by atoms with E-state index in [1.165, 1.54) is 54.4 Å². The molecule has 1 aliphatic rings. The van der Waals surface area contributed by atoms with Crippen molar-refractivity contribution in [3.63, 3.8) is 0 Å². The Morgan fingerprint density at radius 3 is 2.57 bits per heavy atom. The number of nitro groups is 1. The second kappa shape index (κ2) is 7.43. The van der Waals surface area contributed by atoms with E-state index in [2.05, 4.69) is 10.4 Å². The van der Waals surface area contributed by atoms with E-state index >= 15 is 0 Å². The van der Waals surface area contributed by atoms with Crippen molar-refractivity contribution >= 4 is 34.6 Å². The molecular weight excluding hydrogens is 369 g/mol. The number of nitro benzene ring substituents is 1. The highest BCUT2D eigenvalue weighted by atomic mass is 19.1. The van der Waals surface area contributed by atoms with Gasteiger partial charge >= 0.3 is 0 Å². The average molecular weight is 385 g/mol. The molecule has 0 radical (unpaired) electrons. The minimum atomic E-state index is -0.905. The number of benzene rings is 2. The molecule has 0 aromatic heterocycles. The minimum absolute atomic E-state index is 0.0269. The van der Waals surface area contributed by atoms with Gasteiger partial charge in [-0.3, -0.25) is 24.7 Å². The van der Waals surface area contributed by atoms with Crippen LogP contribution in [0.2, 0.25) is 0 Å². The van der Waals surface area contributed by atoms with Crippen LogP contribution in [-0.4, -0.2) is 28.5 Å². The van der Waals surface area contributed by atoms with Gasteiger partial charge in [-0.05, 0) is 37.3 Å². The number of nitrogens with zero attached hydrogens (tertiary/aromatic N) is 3. The fraction of sp³-hybridized carbons (Fsp3) is 0.167. The van der Waals surface area contributed by atoms with Crippen LogP contribution in [0.5, 0.6) is 0 Å². The summed E-state index contributed by atoms with van der Waals surface area (Å²) in [6, 6.07) is 8.64. The first-order valence-corrected chi connectivity index (χ1v) is 8.25. The molecule has 0 spiro atoms. The summed E-state index contributed by atoms with van der Waals surface area (Å²) >= 11 is 0. The van der Waals surface area contributed by atoms with E-state index in [4.69, 9.17) is 5.73 Å². The largest absolute Gasteiger partial charge is 0.368 e. The summed E-state index contributed by atoms with van der Waals surface area (Å²) in [7, 11) is 0. The van der Waals surface area contributed by atoms with Gasteiger partial charge in [0, 0.05) is 12.5 Å². The lowest BCUT2D eigenvalue weighted by Crippen LogP contribution is -2.39. The third-order valence-electron chi connectivity index (χ3n) is 4.34. The van der Waals surface area contributed by atoms with Crippen molar-refractivity contribution in [1.29, 1.82) is 0 Å². The number of halogens is 1. The summed E-state index contributed by atoms with van der Waals surface area (Å²) in [6.07, 6.45) is -0.0491.